The van der Waals surface area contributed by atoms with E-state index < -0.39 is 0 Å². The second-order valence-corrected chi connectivity index (χ2v) is 7.10. The number of likely N-dealkylation sites (N-methyl/N-ethyl adjacent to an activating group) is 1. The number of hydrogen-bond acceptors (Lipinski definition) is 7. The average Bonchev–Trinajstić information content (AvgIpc) is 3.09. The Morgan fingerprint density at radius 3 is 2.86 bits per heavy atom. The van der Waals surface area contributed by atoms with Gasteiger partial charge in [-0.1, -0.05) is 11.3 Å². The third-order valence-corrected chi connectivity index (χ3v) is 5.49. The third kappa shape index (κ3) is 3.71. The first-order valence-electron chi connectivity index (χ1n) is 7.79. The molecule has 2 fully saturated rings. The predicted molar refractivity (Wildman–Crippen MR) is 84.7 cm³/mol. The van der Waals surface area contributed by atoms with Gasteiger partial charge >= 0.3 is 0 Å². The van der Waals surface area contributed by atoms with Crippen LogP contribution in [0, 0.1) is 11.8 Å². The summed E-state index contributed by atoms with van der Waals surface area (Å²) in [6.45, 7) is 7.93. The summed E-state index contributed by atoms with van der Waals surface area (Å²) in [6.07, 6.45) is 1.24. The summed E-state index contributed by atoms with van der Waals surface area (Å²) in [5.74, 6) is 0.886. The molecule has 118 valence electrons. The molecule has 21 heavy (non-hydrogen) atoms. The molecule has 1 aromatic rings. The molecular weight excluding hydrogens is 286 g/mol. The summed E-state index contributed by atoms with van der Waals surface area (Å²) >= 11 is 1.59. The van der Waals surface area contributed by atoms with E-state index in [1.807, 2.05) is 0 Å². The molecule has 0 bridgehead atoms. The van der Waals surface area contributed by atoms with Gasteiger partial charge in [0.1, 0.15) is 5.51 Å². The summed E-state index contributed by atoms with van der Waals surface area (Å²) in [5.41, 5.74) is 1.78. The van der Waals surface area contributed by atoms with E-state index in [1.54, 1.807) is 16.8 Å². The Kier molecular flexibility index (Phi) is 5.05. The molecule has 2 atom stereocenters. The molecule has 2 saturated heterocycles. The Morgan fingerprint density at radius 2 is 2.10 bits per heavy atom. The van der Waals surface area contributed by atoms with Gasteiger partial charge in [0.15, 0.2) is 0 Å². The van der Waals surface area contributed by atoms with Crippen LogP contribution in [0.15, 0.2) is 5.51 Å². The standard InChI is InChI=1S/C14H25N5OS/c1-17-3-2-4-18(6-5-17)7-12-8-19(9-13(12)10-20)14-16-15-11-21-14/h11-13,20H,2-10H2,1H3/t12-,13-/m1/s1. The molecule has 2 aliphatic rings. The maximum atomic E-state index is 9.69. The molecule has 7 heteroatoms. The number of nitrogens with zero attached hydrogens (tertiary/aromatic N) is 5. The van der Waals surface area contributed by atoms with Crippen LogP contribution in [-0.4, -0.2) is 84.6 Å². The van der Waals surface area contributed by atoms with Gasteiger partial charge in [-0.2, -0.15) is 0 Å². The van der Waals surface area contributed by atoms with Crippen LogP contribution < -0.4 is 4.90 Å². The van der Waals surface area contributed by atoms with Crippen LogP contribution in [0.5, 0.6) is 0 Å². The molecule has 3 heterocycles. The maximum absolute atomic E-state index is 9.69. The van der Waals surface area contributed by atoms with Crippen molar-refractivity contribution in [1.82, 2.24) is 20.0 Å². The fourth-order valence-corrected chi connectivity index (χ4v) is 4.01. The zero-order valence-electron chi connectivity index (χ0n) is 12.7. The molecule has 0 spiro atoms. The Hall–Kier alpha value is -0.760. The van der Waals surface area contributed by atoms with Crippen LogP contribution in [0.2, 0.25) is 0 Å². The molecule has 1 aromatic heterocycles. The highest BCUT2D eigenvalue weighted by molar-refractivity contribution is 7.13. The smallest absolute Gasteiger partial charge is 0.208 e. The Bertz CT molecular complexity index is 429. The van der Waals surface area contributed by atoms with Gasteiger partial charge in [0, 0.05) is 45.2 Å². The fourth-order valence-electron chi connectivity index (χ4n) is 3.43. The molecule has 2 aliphatic heterocycles. The molecule has 6 nitrogen and oxygen atoms in total. The van der Waals surface area contributed by atoms with Crippen molar-refractivity contribution in [3.63, 3.8) is 0 Å². The molecule has 0 aliphatic carbocycles. The van der Waals surface area contributed by atoms with Crippen molar-refractivity contribution in [2.45, 2.75) is 6.42 Å². The number of rotatable bonds is 4. The van der Waals surface area contributed by atoms with E-state index in [-0.39, 0.29) is 6.61 Å². The van der Waals surface area contributed by atoms with E-state index in [9.17, 15) is 5.11 Å². The minimum Gasteiger partial charge on any atom is -0.396 e. The lowest BCUT2D eigenvalue weighted by Crippen LogP contribution is -2.36. The van der Waals surface area contributed by atoms with E-state index in [1.165, 1.54) is 19.5 Å². The van der Waals surface area contributed by atoms with E-state index in [0.29, 0.717) is 11.8 Å². The van der Waals surface area contributed by atoms with Gasteiger partial charge in [-0.05, 0) is 32.5 Å². The minimum atomic E-state index is 0.272. The van der Waals surface area contributed by atoms with Crippen LogP contribution >= 0.6 is 11.3 Å². The summed E-state index contributed by atoms with van der Waals surface area (Å²) in [4.78, 5) is 7.26. The monoisotopic (exact) mass is 311 g/mol. The lowest BCUT2D eigenvalue weighted by Gasteiger charge is -2.26. The van der Waals surface area contributed by atoms with Gasteiger partial charge in [-0.3, -0.25) is 0 Å². The van der Waals surface area contributed by atoms with E-state index >= 15 is 0 Å². The van der Waals surface area contributed by atoms with Crippen molar-refractivity contribution >= 4 is 16.5 Å². The number of aliphatic hydroxyl groups is 1. The summed E-state index contributed by atoms with van der Waals surface area (Å²) < 4.78 is 0. The summed E-state index contributed by atoms with van der Waals surface area (Å²) in [6, 6.07) is 0. The Morgan fingerprint density at radius 1 is 1.24 bits per heavy atom. The van der Waals surface area contributed by atoms with Crippen LogP contribution in [0.1, 0.15) is 6.42 Å². The lowest BCUT2D eigenvalue weighted by molar-refractivity contribution is 0.165. The van der Waals surface area contributed by atoms with E-state index in [4.69, 9.17) is 0 Å². The Balaban J connectivity index is 1.58. The maximum Gasteiger partial charge on any atom is 0.208 e. The molecular formula is C14H25N5OS. The SMILES string of the molecule is CN1CCCN(C[C@@H]2CN(c3nncs3)C[C@@H]2CO)CC1. The van der Waals surface area contributed by atoms with Crippen LogP contribution in [-0.2, 0) is 0 Å². The largest absolute Gasteiger partial charge is 0.396 e. The molecule has 0 aromatic carbocycles. The van der Waals surface area contributed by atoms with E-state index in [0.717, 1.165) is 37.9 Å². The van der Waals surface area contributed by atoms with Crippen molar-refractivity contribution in [2.24, 2.45) is 11.8 Å². The highest BCUT2D eigenvalue weighted by Crippen LogP contribution is 2.29. The normalized spacial score (nSPS) is 29.0. The number of aromatic nitrogens is 2. The van der Waals surface area contributed by atoms with Crippen molar-refractivity contribution in [3.8, 4) is 0 Å². The van der Waals surface area contributed by atoms with Crippen LogP contribution in [0.3, 0.4) is 0 Å². The zero-order chi connectivity index (χ0) is 14.7. The molecule has 3 rings (SSSR count). The summed E-state index contributed by atoms with van der Waals surface area (Å²) in [7, 11) is 2.20. The molecule has 1 N–H and O–H groups in total. The highest BCUT2D eigenvalue weighted by atomic mass is 32.1. The predicted octanol–water partition coefficient (Wildman–Crippen LogP) is 0.220. The van der Waals surface area contributed by atoms with Crippen molar-refractivity contribution < 1.29 is 5.11 Å². The number of hydrogen-bond donors (Lipinski definition) is 1. The number of anilines is 1. The van der Waals surface area contributed by atoms with Crippen molar-refractivity contribution in [1.29, 1.82) is 0 Å². The summed E-state index contributed by atoms with van der Waals surface area (Å²) in [5, 5.41) is 18.8. The lowest BCUT2D eigenvalue weighted by atomic mass is 9.96. The van der Waals surface area contributed by atoms with Crippen LogP contribution in [0.4, 0.5) is 5.13 Å². The highest BCUT2D eigenvalue weighted by Gasteiger charge is 2.34. The first kappa shape index (κ1) is 15.1. The molecule has 0 saturated carbocycles. The molecule has 0 amide bonds. The molecule has 0 radical (unpaired) electrons. The first-order chi connectivity index (χ1) is 10.3. The topological polar surface area (TPSA) is 55.7 Å². The van der Waals surface area contributed by atoms with E-state index in [2.05, 4.69) is 31.9 Å². The first-order valence-corrected chi connectivity index (χ1v) is 8.67. The minimum absolute atomic E-state index is 0.272. The fraction of sp³-hybridized carbons (Fsp3) is 0.857. The van der Waals surface area contributed by atoms with Gasteiger partial charge in [0.2, 0.25) is 5.13 Å². The van der Waals surface area contributed by atoms with Gasteiger partial charge < -0.3 is 19.8 Å². The van der Waals surface area contributed by atoms with Crippen molar-refractivity contribution in [2.75, 3.05) is 64.4 Å². The average molecular weight is 311 g/mol. The molecule has 0 unspecified atom stereocenters. The number of aliphatic hydroxyl groups excluding tert-OH is 1. The Labute approximate surface area is 130 Å². The van der Waals surface area contributed by atoms with Gasteiger partial charge in [-0.15, -0.1) is 10.2 Å². The quantitative estimate of drug-likeness (QED) is 0.858. The van der Waals surface area contributed by atoms with Crippen molar-refractivity contribution in [3.05, 3.63) is 5.51 Å². The van der Waals surface area contributed by atoms with Gasteiger partial charge in [0.25, 0.3) is 0 Å². The third-order valence-electron chi connectivity index (χ3n) is 4.73. The van der Waals surface area contributed by atoms with Gasteiger partial charge in [0.05, 0.1) is 0 Å². The second kappa shape index (κ2) is 7.00. The zero-order valence-corrected chi connectivity index (χ0v) is 13.5. The van der Waals surface area contributed by atoms with Crippen LogP contribution in [0.25, 0.3) is 0 Å². The van der Waals surface area contributed by atoms with Gasteiger partial charge in [-0.25, -0.2) is 0 Å². The second-order valence-electron chi connectivity index (χ2n) is 6.29.